The third-order valence-electron chi connectivity index (χ3n) is 7.32. The molecule has 1 heterocycles. The minimum atomic E-state index is -0.431. The fourth-order valence-corrected chi connectivity index (χ4v) is 6.47. The zero-order chi connectivity index (χ0) is 23.0. The molecule has 0 saturated heterocycles. The molecule has 5 nitrogen and oxygen atoms in total. The molecular weight excluding hydrogens is 430 g/mol. The number of nitrogens with two attached hydrogens (primary N) is 1. The highest BCUT2D eigenvalue weighted by atomic mass is 32.2. The summed E-state index contributed by atoms with van der Waals surface area (Å²) in [5.74, 6) is 0.0831. The van der Waals surface area contributed by atoms with E-state index < -0.39 is 5.91 Å². The Morgan fingerprint density at radius 2 is 1.79 bits per heavy atom. The van der Waals surface area contributed by atoms with Gasteiger partial charge in [0, 0.05) is 11.0 Å². The van der Waals surface area contributed by atoms with Crippen LogP contribution in [0, 0.1) is 5.92 Å². The second-order valence-electron chi connectivity index (χ2n) is 9.44. The first-order valence-corrected chi connectivity index (χ1v) is 12.7. The number of thioether (sulfide) groups is 1. The Kier molecular flexibility index (Phi) is 5.87. The molecule has 2 aromatic carbocycles. The Bertz CT molecular complexity index is 1250. The van der Waals surface area contributed by atoms with Gasteiger partial charge in [-0.05, 0) is 42.9 Å². The zero-order valence-electron chi connectivity index (χ0n) is 18.9. The van der Waals surface area contributed by atoms with Crippen molar-refractivity contribution in [2.75, 3.05) is 5.75 Å². The van der Waals surface area contributed by atoms with Crippen LogP contribution in [-0.4, -0.2) is 21.2 Å². The van der Waals surface area contributed by atoms with Crippen molar-refractivity contribution < 1.29 is 4.79 Å². The monoisotopic (exact) mass is 459 g/mol. The van der Waals surface area contributed by atoms with E-state index in [1.807, 2.05) is 36.4 Å². The Balaban J connectivity index is 1.80. The molecule has 0 bridgehead atoms. The second-order valence-corrected chi connectivity index (χ2v) is 10.4. The summed E-state index contributed by atoms with van der Waals surface area (Å²) < 4.78 is 1.68. The maximum Gasteiger partial charge on any atom is 0.263 e. The molecule has 0 spiro atoms. The first-order chi connectivity index (χ1) is 16.0. The fourth-order valence-electron chi connectivity index (χ4n) is 5.73. The number of hydrogen-bond acceptors (Lipinski definition) is 4. The van der Waals surface area contributed by atoms with Crippen molar-refractivity contribution in [3.63, 3.8) is 0 Å². The Morgan fingerprint density at radius 1 is 1.09 bits per heavy atom. The van der Waals surface area contributed by atoms with E-state index >= 15 is 0 Å². The molecule has 2 N–H and O–H groups in total. The molecule has 0 radical (unpaired) electrons. The number of hydrogen-bond donors (Lipinski definition) is 1. The van der Waals surface area contributed by atoms with E-state index in [0.717, 1.165) is 41.8 Å². The lowest BCUT2D eigenvalue weighted by molar-refractivity contribution is -0.115. The van der Waals surface area contributed by atoms with Crippen molar-refractivity contribution >= 4 is 17.7 Å². The maximum atomic E-state index is 14.3. The van der Waals surface area contributed by atoms with Crippen LogP contribution in [0.5, 0.6) is 0 Å². The van der Waals surface area contributed by atoms with Crippen LogP contribution in [0.3, 0.4) is 0 Å². The number of fused-ring (bicyclic) bond motifs is 3. The second kappa shape index (κ2) is 8.82. The molecule has 2 aliphatic rings. The lowest BCUT2D eigenvalue weighted by Gasteiger charge is -2.44. The standard InChI is InChI=1S/C27H29N3O2S/c1-27(19-11-4-2-5-12-19)16-18-10-8-9-15-21(18)24-23(27)25(32)30(20-13-6-3-7-14-20)26(29-24)33-17-22(28)31/h3,6-10,13-15,19H,2,4-5,11-12,16-17H2,1H3,(H2,28,31)/t27-/m0/s1. The van der Waals surface area contributed by atoms with E-state index in [9.17, 15) is 9.59 Å². The lowest BCUT2D eigenvalue weighted by Crippen LogP contribution is -2.45. The highest BCUT2D eigenvalue weighted by molar-refractivity contribution is 7.99. The third-order valence-corrected chi connectivity index (χ3v) is 8.28. The van der Waals surface area contributed by atoms with E-state index in [1.54, 1.807) is 4.57 Å². The van der Waals surface area contributed by atoms with Crippen molar-refractivity contribution in [1.29, 1.82) is 0 Å². The van der Waals surface area contributed by atoms with E-state index in [0.29, 0.717) is 11.1 Å². The number of primary amides is 1. The molecule has 3 aromatic rings. The molecule has 33 heavy (non-hydrogen) atoms. The first-order valence-electron chi connectivity index (χ1n) is 11.7. The summed E-state index contributed by atoms with van der Waals surface area (Å²) in [6.07, 6.45) is 6.82. The molecular formula is C27H29N3O2S. The van der Waals surface area contributed by atoms with E-state index in [1.165, 1.54) is 36.6 Å². The molecule has 170 valence electrons. The Hall–Kier alpha value is -2.86. The number of amides is 1. The van der Waals surface area contributed by atoms with Gasteiger partial charge in [0.05, 0.1) is 22.7 Å². The van der Waals surface area contributed by atoms with Crippen molar-refractivity contribution in [3.05, 3.63) is 76.1 Å². The molecule has 5 rings (SSSR count). The Morgan fingerprint density at radius 3 is 2.52 bits per heavy atom. The summed E-state index contributed by atoms with van der Waals surface area (Å²) in [5.41, 5.74) is 9.76. The van der Waals surface area contributed by atoms with Gasteiger partial charge in [-0.15, -0.1) is 0 Å². The number of rotatable bonds is 5. The van der Waals surface area contributed by atoms with Gasteiger partial charge in [0.25, 0.3) is 5.56 Å². The number of aromatic nitrogens is 2. The smallest absolute Gasteiger partial charge is 0.263 e. The third kappa shape index (κ3) is 3.90. The Labute approximate surface area is 198 Å². The summed E-state index contributed by atoms with van der Waals surface area (Å²) in [5, 5.41) is 0.506. The number of nitrogens with zero attached hydrogens (tertiary/aromatic N) is 2. The SMILES string of the molecule is C[C@@]1(C2CCCCC2)Cc2ccccc2-c2nc(SCC(N)=O)n(-c3ccccc3)c(=O)c21. The number of benzene rings is 2. The van der Waals surface area contributed by atoms with Crippen LogP contribution >= 0.6 is 11.8 Å². The molecule has 1 amide bonds. The minimum Gasteiger partial charge on any atom is -0.369 e. The zero-order valence-corrected chi connectivity index (χ0v) is 19.7. The predicted octanol–water partition coefficient (Wildman–Crippen LogP) is 4.87. The fraction of sp³-hybridized carbons (Fsp3) is 0.370. The van der Waals surface area contributed by atoms with Gasteiger partial charge in [-0.2, -0.15) is 0 Å². The minimum absolute atomic E-state index is 0.0271. The van der Waals surface area contributed by atoms with Crippen molar-refractivity contribution in [3.8, 4) is 16.9 Å². The van der Waals surface area contributed by atoms with Crippen molar-refractivity contribution in [1.82, 2.24) is 9.55 Å². The highest BCUT2D eigenvalue weighted by Gasteiger charge is 2.45. The van der Waals surface area contributed by atoms with Crippen LogP contribution in [0.25, 0.3) is 16.9 Å². The van der Waals surface area contributed by atoms with Crippen LogP contribution in [-0.2, 0) is 16.6 Å². The normalized spacial score (nSPS) is 20.2. The van der Waals surface area contributed by atoms with Gasteiger partial charge < -0.3 is 5.73 Å². The van der Waals surface area contributed by atoms with Gasteiger partial charge in [0.2, 0.25) is 5.91 Å². The van der Waals surface area contributed by atoms with Crippen LogP contribution < -0.4 is 11.3 Å². The molecule has 1 fully saturated rings. The van der Waals surface area contributed by atoms with Gasteiger partial charge in [0.15, 0.2) is 5.16 Å². The highest BCUT2D eigenvalue weighted by Crippen LogP contribution is 2.49. The average molecular weight is 460 g/mol. The quantitative estimate of drug-likeness (QED) is 0.436. The molecule has 1 atom stereocenters. The van der Waals surface area contributed by atoms with Gasteiger partial charge >= 0.3 is 0 Å². The number of carbonyl (C=O) groups excluding carboxylic acids is 1. The van der Waals surface area contributed by atoms with Gasteiger partial charge in [-0.25, -0.2) is 4.98 Å². The van der Waals surface area contributed by atoms with Gasteiger partial charge in [-0.1, -0.05) is 80.4 Å². The summed E-state index contributed by atoms with van der Waals surface area (Å²) in [7, 11) is 0. The average Bonchev–Trinajstić information content (AvgIpc) is 2.83. The molecule has 0 aliphatic heterocycles. The van der Waals surface area contributed by atoms with Crippen molar-refractivity contribution in [2.24, 2.45) is 11.7 Å². The molecule has 6 heteroatoms. The van der Waals surface area contributed by atoms with E-state index in [4.69, 9.17) is 10.7 Å². The molecule has 1 saturated carbocycles. The summed E-state index contributed by atoms with van der Waals surface area (Å²) in [4.78, 5) is 31.0. The van der Waals surface area contributed by atoms with Crippen LogP contribution in [0.1, 0.15) is 50.2 Å². The molecule has 2 aliphatic carbocycles. The summed E-state index contributed by atoms with van der Waals surface area (Å²) in [6, 6.07) is 17.9. The molecule has 1 aromatic heterocycles. The van der Waals surface area contributed by atoms with Crippen molar-refractivity contribution in [2.45, 2.75) is 56.0 Å². The van der Waals surface area contributed by atoms with E-state index in [-0.39, 0.29) is 16.7 Å². The van der Waals surface area contributed by atoms with E-state index in [2.05, 4.69) is 25.1 Å². The predicted molar refractivity (Wildman–Crippen MR) is 133 cm³/mol. The number of para-hydroxylation sites is 1. The summed E-state index contributed by atoms with van der Waals surface area (Å²) in [6.45, 7) is 2.27. The topological polar surface area (TPSA) is 78.0 Å². The lowest BCUT2D eigenvalue weighted by atomic mass is 9.60. The number of carbonyl (C=O) groups is 1. The van der Waals surface area contributed by atoms with Crippen LogP contribution in [0.2, 0.25) is 0 Å². The van der Waals surface area contributed by atoms with Crippen LogP contribution in [0.15, 0.2) is 64.5 Å². The summed E-state index contributed by atoms with van der Waals surface area (Å²) >= 11 is 1.22. The largest absolute Gasteiger partial charge is 0.369 e. The maximum absolute atomic E-state index is 14.3. The van der Waals surface area contributed by atoms with Gasteiger partial charge in [0.1, 0.15) is 0 Å². The molecule has 0 unspecified atom stereocenters. The van der Waals surface area contributed by atoms with Crippen LogP contribution in [0.4, 0.5) is 0 Å². The van der Waals surface area contributed by atoms with Gasteiger partial charge in [-0.3, -0.25) is 14.2 Å². The first kappa shape index (κ1) is 22.0.